The highest BCUT2D eigenvalue weighted by atomic mass is 16.3. The van der Waals surface area contributed by atoms with E-state index in [1.54, 1.807) is 0 Å². The second kappa shape index (κ2) is 5.02. The molecule has 3 heteroatoms. The summed E-state index contributed by atoms with van der Waals surface area (Å²) in [7, 11) is 0. The minimum Gasteiger partial charge on any atom is -0.393 e. The van der Waals surface area contributed by atoms with E-state index in [1.165, 1.54) is 5.57 Å². The highest BCUT2D eigenvalue weighted by molar-refractivity contribution is 5.91. The number of carbonyl (C=O) groups is 2. The molecule has 3 nitrogen and oxygen atoms in total. The van der Waals surface area contributed by atoms with Gasteiger partial charge in [-0.15, -0.1) is 0 Å². The van der Waals surface area contributed by atoms with E-state index in [9.17, 15) is 14.7 Å². The lowest BCUT2D eigenvalue weighted by molar-refractivity contribution is -0.143. The Labute approximate surface area is 132 Å². The minimum atomic E-state index is -0.370. The molecule has 0 saturated heterocycles. The molecule has 0 radical (unpaired) electrons. The molecular formula is C19H26O3. The largest absolute Gasteiger partial charge is 0.393 e. The van der Waals surface area contributed by atoms with E-state index >= 15 is 0 Å². The van der Waals surface area contributed by atoms with Gasteiger partial charge in [0.2, 0.25) is 0 Å². The first-order chi connectivity index (χ1) is 10.6. The lowest BCUT2D eigenvalue weighted by Gasteiger charge is -2.54. The first-order valence-corrected chi connectivity index (χ1v) is 9.01. The van der Waals surface area contributed by atoms with Crippen LogP contribution in [0.1, 0.15) is 58.3 Å². The number of rotatable bonds is 1. The van der Waals surface area contributed by atoms with Crippen LogP contribution in [-0.4, -0.2) is 22.8 Å². The Balaban J connectivity index is 1.70. The molecule has 4 rings (SSSR count). The maximum Gasteiger partial charge on any atom is 0.155 e. The van der Waals surface area contributed by atoms with E-state index in [-0.39, 0.29) is 23.2 Å². The van der Waals surface area contributed by atoms with Crippen LogP contribution in [0.15, 0.2) is 11.6 Å². The number of hydrogen-bond donors (Lipinski definition) is 1. The summed E-state index contributed by atoms with van der Waals surface area (Å²) >= 11 is 0. The standard InChI is InChI=1S/C19H26O3/c1-2-19-10-16(21)18-13-6-4-12(20)9-11(13)3-5-14(18)15(19)7-8-17(19)22/h9,13-16,18,21H,2-8,10H2,1H3/t13-,14+,15+,16-,18+,19+/m1/s1. The number of aliphatic hydroxyl groups is 1. The van der Waals surface area contributed by atoms with Gasteiger partial charge in [0.1, 0.15) is 5.78 Å². The minimum absolute atomic E-state index is 0.244. The fourth-order valence-electron chi connectivity index (χ4n) is 6.43. The summed E-state index contributed by atoms with van der Waals surface area (Å²) in [6, 6.07) is 0. The van der Waals surface area contributed by atoms with E-state index in [4.69, 9.17) is 0 Å². The molecule has 4 aliphatic rings. The number of ketones is 2. The van der Waals surface area contributed by atoms with E-state index in [1.807, 2.05) is 6.08 Å². The number of Topliss-reactive ketones (excluding diaryl/α,β-unsaturated/α-hetero) is 1. The maximum atomic E-state index is 12.5. The normalized spacial score (nSPS) is 47.5. The molecule has 3 saturated carbocycles. The highest BCUT2D eigenvalue weighted by Gasteiger charge is 2.60. The zero-order chi connectivity index (χ0) is 15.5. The average Bonchev–Trinajstić information content (AvgIpc) is 2.84. The van der Waals surface area contributed by atoms with E-state index in [0.29, 0.717) is 42.8 Å². The third kappa shape index (κ3) is 1.84. The Bertz CT molecular complexity index is 549. The van der Waals surface area contributed by atoms with Crippen molar-refractivity contribution < 1.29 is 14.7 Å². The number of hydrogen-bond acceptors (Lipinski definition) is 3. The van der Waals surface area contributed by atoms with Crippen LogP contribution in [-0.2, 0) is 9.59 Å². The van der Waals surface area contributed by atoms with Crippen molar-refractivity contribution in [2.45, 2.75) is 64.4 Å². The van der Waals surface area contributed by atoms with E-state index in [0.717, 1.165) is 32.1 Å². The smallest absolute Gasteiger partial charge is 0.155 e. The van der Waals surface area contributed by atoms with Gasteiger partial charge in [-0.2, -0.15) is 0 Å². The van der Waals surface area contributed by atoms with Gasteiger partial charge >= 0.3 is 0 Å². The van der Waals surface area contributed by atoms with Gasteiger partial charge in [-0.25, -0.2) is 0 Å². The van der Waals surface area contributed by atoms with Gasteiger partial charge in [0.15, 0.2) is 5.78 Å². The molecule has 1 N–H and O–H groups in total. The fourth-order valence-corrected chi connectivity index (χ4v) is 6.43. The Kier molecular flexibility index (Phi) is 3.34. The number of fused-ring (bicyclic) bond motifs is 5. The molecule has 0 spiro atoms. The van der Waals surface area contributed by atoms with Crippen molar-refractivity contribution in [1.82, 2.24) is 0 Å². The molecule has 0 unspecified atom stereocenters. The van der Waals surface area contributed by atoms with Crippen molar-refractivity contribution in [3.63, 3.8) is 0 Å². The van der Waals surface area contributed by atoms with E-state index in [2.05, 4.69) is 6.92 Å². The van der Waals surface area contributed by atoms with Crippen molar-refractivity contribution in [1.29, 1.82) is 0 Å². The van der Waals surface area contributed by atoms with Crippen LogP contribution in [0.3, 0.4) is 0 Å². The Morgan fingerprint density at radius 2 is 2.00 bits per heavy atom. The topological polar surface area (TPSA) is 54.4 Å². The zero-order valence-corrected chi connectivity index (χ0v) is 13.4. The molecule has 0 aliphatic heterocycles. The van der Waals surface area contributed by atoms with Crippen molar-refractivity contribution in [3.05, 3.63) is 11.6 Å². The van der Waals surface area contributed by atoms with Crippen molar-refractivity contribution >= 4 is 11.6 Å². The molecule has 0 aromatic carbocycles. The van der Waals surface area contributed by atoms with Crippen LogP contribution < -0.4 is 0 Å². The Hall–Kier alpha value is -0.960. The summed E-state index contributed by atoms with van der Waals surface area (Å²) in [5.41, 5.74) is 1.04. The van der Waals surface area contributed by atoms with E-state index < -0.39 is 0 Å². The second-order valence-electron chi connectivity index (χ2n) is 7.96. The Morgan fingerprint density at radius 3 is 2.77 bits per heavy atom. The fraction of sp³-hybridized carbons (Fsp3) is 0.789. The molecular weight excluding hydrogens is 276 g/mol. The number of carbonyl (C=O) groups excluding carboxylic acids is 2. The molecule has 0 bridgehead atoms. The molecule has 22 heavy (non-hydrogen) atoms. The predicted molar refractivity (Wildman–Crippen MR) is 83.1 cm³/mol. The summed E-state index contributed by atoms with van der Waals surface area (Å²) in [6.45, 7) is 2.12. The molecule has 0 aromatic heterocycles. The van der Waals surface area contributed by atoms with Crippen molar-refractivity contribution in [2.75, 3.05) is 0 Å². The molecule has 120 valence electrons. The summed E-state index contributed by atoms with van der Waals surface area (Å²) in [5.74, 6) is 2.27. The average molecular weight is 302 g/mol. The first kappa shape index (κ1) is 14.6. The lowest BCUT2D eigenvalue weighted by Crippen LogP contribution is -2.54. The maximum absolute atomic E-state index is 12.5. The molecule has 0 aromatic rings. The van der Waals surface area contributed by atoms with Crippen LogP contribution in [0.25, 0.3) is 0 Å². The zero-order valence-electron chi connectivity index (χ0n) is 13.4. The van der Waals surface area contributed by atoms with Crippen LogP contribution in [0.4, 0.5) is 0 Å². The lowest BCUT2D eigenvalue weighted by atomic mass is 9.50. The van der Waals surface area contributed by atoms with Crippen molar-refractivity contribution in [3.8, 4) is 0 Å². The van der Waals surface area contributed by atoms with Gasteiger partial charge in [0, 0.05) is 18.3 Å². The quantitative estimate of drug-likeness (QED) is 0.810. The SMILES string of the molecule is CC[C@]12C[C@@H](O)[C@@H]3[C@@H](CCC4=CC(=O)CC[C@H]43)[C@@H]1CCC2=O. The third-order valence-electron chi connectivity index (χ3n) is 7.36. The van der Waals surface area contributed by atoms with Crippen LogP contribution in [0.5, 0.6) is 0 Å². The van der Waals surface area contributed by atoms with Crippen molar-refractivity contribution in [2.24, 2.45) is 29.1 Å². The monoisotopic (exact) mass is 302 g/mol. The first-order valence-electron chi connectivity index (χ1n) is 9.01. The molecule has 0 amide bonds. The molecule has 6 atom stereocenters. The molecule has 3 fully saturated rings. The van der Waals surface area contributed by atoms with Gasteiger partial charge < -0.3 is 5.11 Å². The number of allylic oxidation sites excluding steroid dienone is 1. The van der Waals surface area contributed by atoms with Gasteiger partial charge in [-0.1, -0.05) is 12.5 Å². The number of aliphatic hydroxyl groups excluding tert-OH is 1. The second-order valence-corrected chi connectivity index (χ2v) is 7.96. The summed E-state index contributed by atoms with van der Waals surface area (Å²) in [5, 5.41) is 10.9. The van der Waals surface area contributed by atoms with Gasteiger partial charge in [0.25, 0.3) is 0 Å². The van der Waals surface area contributed by atoms with Crippen LogP contribution in [0.2, 0.25) is 0 Å². The summed E-state index contributed by atoms with van der Waals surface area (Å²) < 4.78 is 0. The van der Waals surface area contributed by atoms with Crippen LogP contribution in [0, 0.1) is 29.1 Å². The predicted octanol–water partition coefficient (Wildman–Crippen LogP) is 3.06. The molecule has 4 aliphatic carbocycles. The summed E-state index contributed by atoms with van der Waals surface area (Å²) in [4.78, 5) is 24.2. The van der Waals surface area contributed by atoms with Gasteiger partial charge in [-0.05, 0) is 68.3 Å². The van der Waals surface area contributed by atoms with Gasteiger partial charge in [0.05, 0.1) is 6.10 Å². The third-order valence-corrected chi connectivity index (χ3v) is 7.36. The van der Waals surface area contributed by atoms with Gasteiger partial charge in [-0.3, -0.25) is 9.59 Å². The van der Waals surface area contributed by atoms with Crippen LogP contribution >= 0.6 is 0 Å². The Morgan fingerprint density at radius 1 is 1.18 bits per heavy atom. The molecule has 0 heterocycles. The summed E-state index contributed by atoms with van der Waals surface area (Å²) in [6.07, 6.45) is 8.34. The highest BCUT2D eigenvalue weighted by Crippen LogP contribution is 2.61.